The molecule has 1 unspecified atom stereocenters. The summed E-state index contributed by atoms with van der Waals surface area (Å²) in [6, 6.07) is 21.0. The molecule has 2 aromatic heterocycles. The van der Waals surface area contributed by atoms with Gasteiger partial charge in [0, 0.05) is 51.4 Å². The lowest BCUT2D eigenvalue weighted by Gasteiger charge is -2.17. The Kier molecular flexibility index (Phi) is 8.47. The first-order valence-electron chi connectivity index (χ1n) is 13.8. The maximum absolute atomic E-state index is 13.7. The number of hydrogen-bond acceptors (Lipinski definition) is 6. The smallest absolute Gasteiger partial charge is 0.322 e. The zero-order valence-corrected chi connectivity index (χ0v) is 23.8. The summed E-state index contributed by atoms with van der Waals surface area (Å²) in [5.41, 5.74) is 9.91. The fourth-order valence-electron chi connectivity index (χ4n) is 5.25. The lowest BCUT2D eigenvalue weighted by atomic mass is 9.88. The minimum absolute atomic E-state index is 0.00119. The molecule has 5 rings (SSSR count). The van der Waals surface area contributed by atoms with Crippen molar-refractivity contribution < 1.29 is 24.3 Å². The van der Waals surface area contributed by atoms with E-state index in [-0.39, 0.29) is 18.2 Å². The van der Waals surface area contributed by atoms with Gasteiger partial charge in [0.05, 0.1) is 11.1 Å². The molecule has 0 aliphatic rings. The molecule has 44 heavy (non-hydrogen) atoms. The number of Topliss-reactive ketones (excluding diaryl/α,β-unsaturated/α-hetero) is 1. The number of aromatic nitrogens is 2. The third kappa shape index (κ3) is 6.31. The number of H-pyrrole nitrogens is 1. The molecule has 0 spiro atoms. The van der Waals surface area contributed by atoms with Crippen molar-refractivity contribution in [2.24, 2.45) is 5.73 Å². The van der Waals surface area contributed by atoms with Crippen LogP contribution in [0.4, 0.5) is 5.69 Å². The van der Waals surface area contributed by atoms with E-state index in [1.54, 1.807) is 73.8 Å². The second-order valence-corrected chi connectivity index (χ2v) is 10.4. The highest BCUT2D eigenvalue weighted by Crippen LogP contribution is 2.33. The second-order valence-electron chi connectivity index (χ2n) is 10.4. The number of amidine groups is 1. The molecular formula is C33H30N6O5. The molecule has 0 aliphatic heterocycles. The number of nitrogens with two attached hydrogens (primary N) is 1. The van der Waals surface area contributed by atoms with Crippen LogP contribution in [0.2, 0.25) is 0 Å². The molecule has 2 heterocycles. The molecule has 0 saturated heterocycles. The van der Waals surface area contributed by atoms with Gasteiger partial charge in [0.25, 0.3) is 5.91 Å². The molecule has 3 aromatic carbocycles. The van der Waals surface area contributed by atoms with Crippen LogP contribution in [0.1, 0.15) is 45.1 Å². The zero-order valence-electron chi connectivity index (χ0n) is 23.8. The molecule has 0 aliphatic carbocycles. The molecular weight excluding hydrogens is 560 g/mol. The number of nitrogen functional groups attached to an aromatic ring is 1. The summed E-state index contributed by atoms with van der Waals surface area (Å²) < 4.78 is 0. The van der Waals surface area contributed by atoms with Gasteiger partial charge >= 0.3 is 5.97 Å². The van der Waals surface area contributed by atoms with E-state index in [0.717, 1.165) is 10.9 Å². The van der Waals surface area contributed by atoms with Crippen LogP contribution in [-0.4, -0.2) is 51.0 Å². The Hall–Kier alpha value is -5.84. The molecule has 0 saturated carbocycles. The first kappa shape index (κ1) is 29.6. The lowest BCUT2D eigenvalue weighted by molar-refractivity contribution is -0.139. The highest BCUT2D eigenvalue weighted by Gasteiger charge is 2.32. The Bertz CT molecular complexity index is 1920. The number of ketones is 1. The second kappa shape index (κ2) is 12.6. The van der Waals surface area contributed by atoms with Gasteiger partial charge in [0.2, 0.25) is 5.91 Å². The number of aryl methyl sites for hydroxylation is 2. The SMILES string of the molecule is Cc1[nH]c2ccc(NC(=O)c3cccc4cccnc34)cc2c1C(C(=O)CCc1ccc(C(=N)N)cc1)C(=O)NCC(=O)O. The topological polar surface area (TPSA) is 191 Å². The summed E-state index contributed by atoms with van der Waals surface area (Å²) in [6.45, 7) is 1.09. The van der Waals surface area contributed by atoms with Gasteiger partial charge in [-0.05, 0) is 49.2 Å². The van der Waals surface area contributed by atoms with Crippen LogP contribution in [0.3, 0.4) is 0 Å². The van der Waals surface area contributed by atoms with Crippen molar-refractivity contribution in [3.63, 3.8) is 0 Å². The van der Waals surface area contributed by atoms with Crippen molar-refractivity contribution in [1.82, 2.24) is 15.3 Å². The van der Waals surface area contributed by atoms with Crippen LogP contribution in [0.25, 0.3) is 21.8 Å². The van der Waals surface area contributed by atoms with E-state index in [1.807, 2.05) is 12.1 Å². The maximum atomic E-state index is 13.7. The Balaban J connectivity index is 1.46. The number of aliphatic carboxylic acids is 1. The molecule has 2 amide bonds. The van der Waals surface area contributed by atoms with E-state index in [2.05, 4.69) is 20.6 Å². The molecule has 1 atom stereocenters. The number of para-hydroxylation sites is 1. The molecule has 0 bridgehead atoms. The first-order chi connectivity index (χ1) is 21.1. The van der Waals surface area contributed by atoms with Crippen LogP contribution in [0.15, 0.2) is 79.0 Å². The largest absolute Gasteiger partial charge is 0.480 e. The van der Waals surface area contributed by atoms with Gasteiger partial charge in [-0.1, -0.05) is 42.5 Å². The third-order valence-electron chi connectivity index (χ3n) is 7.38. The van der Waals surface area contributed by atoms with Crippen molar-refractivity contribution in [3.05, 3.63) is 107 Å². The van der Waals surface area contributed by atoms with E-state index >= 15 is 0 Å². The Labute approximate surface area is 252 Å². The zero-order chi connectivity index (χ0) is 31.4. The van der Waals surface area contributed by atoms with Crippen molar-refractivity contribution >= 4 is 56.9 Å². The summed E-state index contributed by atoms with van der Waals surface area (Å²) in [5.74, 6) is -4.10. The van der Waals surface area contributed by atoms with Crippen molar-refractivity contribution in [2.75, 3.05) is 11.9 Å². The summed E-state index contributed by atoms with van der Waals surface area (Å²) in [6.07, 6.45) is 1.94. The quantitative estimate of drug-likeness (QED) is 0.0759. The average Bonchev–Trinajstić information content (AvgIpc) is 3.33. The summed E-state index contributed by atoms with van der Waals surface area (Å²) in [7, 11) is 0. The number of pyridine rings is 1. The van der Waals surface area contributed by atoms with Gasteiger partial charge in [-0.25, -0.2) is 0 Å². The first-order valence-corrected chi connectivity index (χ1v) is 13.8. The van der Waals surface area contributed by atoms with Gasteiger partial charge in [-0.2, -0.15) is 0 Å². The van der Waals surface area contributed by atoms with Gasteiger partial charge in [-0.3, -0.25) is 29.6 Å². The minimum atomic E-state index is -1.30. The number of amides is 2. The summed E-state index contributed by atoms with van der Waals surface area (Å²) >= 11 is 0. The Morgan fingerprint density at radius 2 is 1.77 bits per heavy atom. The lowest BCUT2D eigenvalue weighted by Crippen LogP contribution is -2.37. The van der Waals surface area contributed by atoms with E-state index in [1.165, 1.54) is 0 Å². The highest BCUT2D eigenvalue weighted by molar-refractivity contribution is 6.13. The molecule has 11 nitrogen and oxygen atoms in total. The van der Waals surface area contributed by atoms with Crippen molar-refractivity contribution in [1.29, 1.82) is 5.41 Å². The molecule has 11 heteroatoms. The number of carboxylic acids is 1. The van der Waals surface area contributed by atoms with Gasteiger partial charge < -0.3 is 26.5 Å². The van der Waals surface area contributed by atoms with Crippen LogP contribution < -0.4 is 16.4 Å². The molecule has 5 aromatic rings. The standard InChI is InChI=1S/C33H30N6O5/c1-18-28(29(33(44)37-17-27(41)42)26(40)14-9-19-7-10-21(11-8-19)31(34)35)24-16-22(12-13-25(24)38-18)39-32(43)23-6-2-4-20-5-3-15-36-30(20)23/h2-8,10-13,15-16,29,38H,9,14,17H2,1H3,(H3,34,35)(H,37,44)(H,39,43)(H,41,42). The van der Waals surface area contributed by atoms with Crippen LogP contribution >= 0.6 is 0 Å². The average molecular weight is 591 g/mol. The normalized spacial score (nSPS) is 11.7. The van der Waals surface area contributed by atoms with Gasteiger partial charge in [0.1, 0.15) is 24.1 Å². The van der Waals surface area contributed by atoms with Crippen molar-refractivity contribution in [3.8, 4) is 0 Å². The number of rotatable bonds is 11. The van der Waals surface area contributed by atoms with E-state index < -0.39 is 30.1 Å². The molecule has 0 fully saturated rings. The number of nitrogens with zero attached hydrogens (tertiary/aromatic N) is 1. The number of nitrogens with one attached hydrogen (secondary N) is 4. The predicted molar refractivity (Wildman–Crippen MR) is 167 cm³/mol. The molecule has 222 valence electrons. The van der Waals surface area contributed by atoms with Crippen LogP contribution in [-0.2, 0) is 20.8 Å². The van der Waals surface area contributed by atoms with Gasteiger partial charge in [-0.15, -0.1) is 0 Å². The highest BCUT2D eigenvalue weighted by atomic mass is 16.4. The number of aromatic amines is 1. The Morgan fingerprint density at radius 3 is 2.50 bits per heavy atom. The van der Waals surface area contributed by atoms with E-state index in [4.69, 9.17) is 16.2 Å². The van der Waals surface area contributed by atoms with Gasteiger partial charge in [0.15, 0.2) is 0 Å². The summed E-state index contributed by atoms with van der Waals surface area (Å²) in [4.78, 5) is 59.1. The Morgan fingerprint density at radius 1 is 1.02 bits per heavy atom. The molecule has 0 radical (unpaired) electrons. The fraction of sp³-hybridized carbons (Fsp3) is 0.152. The predicted octanol–water partition coefficient (Wildman–Crippen LogP) is 4.05. The number of carbonyl (C=O) groups is 4. The number of carboxylic acid groups (broad SMARTS) is 1. The summed E-state index contributed by atoms with van der Waals surface area (Å²) in [5, 5.41) is 23.3. The number of benzene rings is 3. The monoisotopic (exact) mass is 590 g/mol. The van der Waals surface area contributed by atoms with Crippen molar-refractivity contribution in [2.45, 2.75) is 25.7 Å². The molecule has 7 N–H and O–H groups in total. The maximum Gasteiger partial charge on any atom is 0.322 e. The number of anilines is 1. The number of fused-ring (bicyclic) bond motifs is 2. The number of hydrogen-bond donors (Lipinski definition) is 6. The van der Waals surface area contributed by atoms with Crippen LogP contribution in [0, 0.1) is 12.3 Å². The minimum Gasteiger partial charge on any atom is -0.480 e. The van der Waals surface area contributed by atoms with Crippen LogP contribution in [0.5, 0.6) is 0 Å². The number of carbonyl (C=O) groups excluding carboxylic acids is 3. The van der Waals surface area contributed by atoms with E-state index in [0.29, 0.717) is 50.9 Å². The van der Waals surface area contributed by atoms with E-state index in [9.17, 15) is 19.2 Å². The fourth-order valence-corrected chi connectivity index (χ4v) is 5.25. The third-order valence-corrected chi connectivity index (χ3v) is 7.38.